The Morgan fingerprint density at radius 3 is 2.07 bits per heavy atom. The van der Waals surface area contributed by atoms with Gasteiger partial charge < -0.3 is 20.1 Å². The molecule has 0 radical (unpaired) electrons. The van der Waals surface area contributed by atoms with Crippen LogP contribution in [0.3, 0.4) is 0 Å². The third-order valence-corrected chi connectivity index (χ3v) is 3.91. The third-order valence-electron chi connectivity index (χ3n) is 3.91. The van der Waals surface area contributed by atoms with Crippen molar-refractivity contribution in [1.29, 1.82) is 0 Å². The zero-order valence-corrected chi connectivity index (χ0v) is 16.4. The summed E-state index contributed by atoms with van der Waals surface area (Å²) in [6, 6.07) is 24.3. The summed E-state index contributed by atoms with van der Waals surface area (Å²) in [5, 5.41) is 5.95. The fraction of sp³-hybridized carbons (Fsp3) is 0.125. The lowest BCUT2D eigenvalue weighted by molar-refractivity contribution is -0.114. The summed E-state index contributed by atoms with van der Waals surface area (Å²) in [5.41, 5.74) is 2.50. The van der Waals surface area contributed by atoms with Gasteiger partial charge in [0.25, 0.3) is 0 Å². The lowest BCUT2D eigenvalue weighted by Gasteiger charge is -2.10. The first kappa shape index (κ1) is 20.0. The van der Waals surface area contributed by atoms with Crippen LogP contribution in [0.5, 0.6) is 17.2 Å². The average molecular weight is 388 g/mol. The van der Waals surface area contributed by atoms with Crippen molar-refractivity contribution in [2.24, 2.45) is 0 Å². The Morgan fingerprint density at radius 1 is 0.828 bits per heavy atom. The van der Waals surface area contributed by atoms with Gasteiger partial charge in [0, 0.05) is 11.4 Å². The van der Waals surface area contributed by atoms with Crippen molar-refractivity contribution < 1.29 is 14.3 Å². The number of amides is 1. The topological polar surface area (TPSA) is 59.6 Å². The van der Waals surface area contributed by atoms with E-state index < -0.39 is 0 Å². The summed E-state index contributed by atoms with van der Waals surface area (Å²) in [6.45, 7) is 6.34. The highest BCUT2D eigenvalue weighted by Gasteiger charge is 2.04. The molecule has 29 heavy (non-hydrogen) atoms. The second kappa shape index (κ2) is 9.99. The first-order valence-electron chi connectivity index (χ1n) is 9.32. The van der Waals surface area contributed by atoms with Gasteiger partial charge in [0.15, 0.2) is 0 Å². The summed E-state index contributed by atoms with van der Waals surface area (Å²) in [6.07, 6.45) is 0. The van der Waals surface area contributed by atoms with Crippen LogP contribution in [0.15, 0.2) is 91.0 Å². The molecule has 0 aliphatic carbocycles. The fourth-order valence-electron chi connectivity index (χ4n) is 2.49. The van der Waals surface area contributed by atoms with E-state index in [1.807, 2.05) is 73.7 Å². The smallest absolute Gasteiger partial charge is 0.243 e. The summed E-state index contributed by atoms with van der Waals surface area (Å²) in [4.78, 5) is 12.2. The molecule has 0 heterocycles. The Labute approximate surface area is 171 Å². The number of anilines is 2. The van der Waals surface area contributed by atoms with E-state index in [1.165, 1.54) is 0 Å². The maximum Gasteiger partial charge on any atom is 0.243 e. The van der Waals surface area contributed by atoms with Gasteiger partial charge in [0.1, 0.15) is 23.9 Å². The molecule has 1 amide bonds. The molecule has 0 aliphatic heterocycles. The van der Waals surface area contributed by atoms with Gasteiger partial charge in [-0.05, 0) is 73.2 Å². The summed E-state index contributed by atoms with van der Waals surface area (Å²) in [5.74, 6) is 2.12. The van der Waals surface area contributed by atoms with Crippen molar-refractivity contribution in [3.63, 3.8) is 0 Å². The van der Waals surface area contributed by atoms with Crippen molar-refractivity contribution in [1.82, 2.24) is 0 Å². The number of hydrogen-bond donors (Lipinski definition) is 2. The van der Waals surface area contributed by atoms with Crippen molar-refractivity contribution in [3.8, 4) is 17.2 Å². The summed E-state index contributed by atoms with van der Waals surface area (Å²) >= 11 is 0. The van der Waals surface area contributed by atoms with Crippen LogP contribution in [0.4, 0.5) is 11.4 Å². The van der Waals surface area contributed by atoms with Gasteiger partial charge in [-0.1, -0.05) is 24.8 Å². The van der Waals surface area contributed by atoms with Gasteiger partial charge in [-0.25, -0.2) is 0 Å². The first-order chi connectivity index (χ1) is 14.1. The number of benzene rings is 3. The van der Waals surface area contributed by atoms with Gasteiger partial charge in [-0.15, -0.1) is 0 Å². The van der Waals surface area contributed by atoms with Gasteiger partial charge in [0.2, 0.25) is 5.91 Å². The minimum Gasteiger partial charge on any atom is -0.489 e. The van der Waals surface area contributed by atoms with Crippen LogP contribution in [-0.4, -0.2) is 19.1 Å². The molecule has 0 aromatic heterocycles. The quantitative estimate of drug-likeness (QED) is 0.476. The van der Waals surface area contributed by atoms with E-state index in [-0.39, 0.29) is 12.5 Å². The zero-order valence-electron chi connectivity index (χ0n) is 16.4. The molecular weight excluding hydrogens is 364 g/mol. The highest BCUT2D eigenvalue weighted by atomic mass is 16.5. The minimum absolute atomic E-state index is 0.134. The van der Waals surface area contributed by atoms with Gasteiger partial charge in [-0.3, -0.25) is 4.79 Å². The number of carbonyl (C=O) groups is 1. The van der Waals surface area contributed by atoms with E-state index in [9.17, 15) is 4.79 Å². The zero-order chi connectivity index (χ0) is 20.5. The number of ether oxygens (including phenoxy) is 2. The number of rotatable bonds is 9. The van der Waals surface area contributed by atoms with Crippen molar-refractivity contribution in [3.05, 3.63) is 91.0 Å². The SMILES string of the molecule is C=C(C)COc1ccc(NC(=O)CNc2ccc(Oc3ccccc3)cc2)cc1. The predicted octanol–water partition coefficient (Wildman–Crippen LogP) is 5.48. The van der Waals surface area contributed by atoms with Crippen LogP contribution in [0.25, 0.3) is 0 Å². The third kappa shape index (κ3) is 6.74. The van der Waals surface area contributed by atoms with Crippen LogP contribution < -0.4 is 20.1 Å². The molecule has 0 saturated heterocycles. The molecule has 3 aromatic carbocycles. The first-order valence-corrected chi connectivity index (χ1v) is 9.32. The molecule has 0 fully saturated rings. The molecule has 3 rings (SSSR count). The Hall–Kier alpha value is -3.73. The van der Waals surface area contributed by atoms with Crippen molar-refractivity contribution in [2.45, 2.75) is 6.92 Å². The van der Waals surface area contributed by atoms with Crippen LogP contribution in [0, 0.1) is 0 Å². The predicted molar refractivity (Wildman–Crippen MR) is 117 cm³/mol. The summed E-state index contributed by atoms with van der Waals surface area (Å²) in [7, 11) is 0. The van der Waals surface area contributed by atoms with E-state index >= 15 is 0 Å². The van der Waals surface area contributed by atoms with E-state index in [1.54, 1.807) is 12.1 Å². The molecular formula is C24H24N2O3. The van der Waals surface area contributed by atoms with E-state index in [4.69, 9.17) is 9.47 Å². The standard InChI is InChI=1S/C24H24N2O3/c1-18(2)17-28-21-12-10-20(11-13-21)26-24(27)16-25-19-8-14-23(15-9-19)29-22-6-4-3-5-7-22/h3-15,25H,1,16-17H2,2H3,(H,26,27). The van der Waals surface area contributed by atoms with Crippen LogP contribution in [0.1, 0.15) is 6.92 Å². The Balaban J connectivity index is 1.44. The molecule has 0 unspecified atom stereocenters. The lowest BCUT2D eigenvalue weighted by atomic mass is 10.3. The average Bonchev–Trinajstić information content (AvgIpc) is 2.73. The van der Waals surface area contributed by atoms with E-state index in [0.717, 1.165) is 28.5 Å². The van der Waals surface area contributed by atoms with Gasteiger partial charge >= 0.3 is 0 Å². The molecule has 3 aromatic rings. The van der Waals surface area contributed by atoms with Crippen LogP contribution in [0.2, 0.25) is 0 Å². The maximum absolute atomic E-state index is 12.2. The molecule has 148 valence electrons. The number of carbonyl (C=O) groups excluding carboxylic acids is 1. The molecule has 0 spiro atoms. The minimum atomic E-state index is -0.134. The molecule has 5 heteroatoms. The number of hydrogen-bond acceptors (Lipinski definition) is 4. The second-order valence-corrected chi connectivity index (χ2v) is 6.61. The van der Waals surface area contributed by atoms with E-state index in [0.29, 0.717) is 12.3 Å². The molecule has 2 N–H and O–H groups in total. The highest BCUT2D eigenvalue weighted by molar-refractivity contribution is 5.93. The highest BCUT2D eigenvalue weighted by Crippen LogP contribution is 2.22. The number of nitrogens with one attached hydrogen (secondary N) is 2. The maximum atomic E-state index is 12.2. The fourth-order valence-corrected chi connectivity index (χ4v) is 2.49. The summed E-state index contributed by atoms with van der Waals surface area (Å²) < 4.78 is 11.3. The van der Waals surface area contributed by atoms with E-state index in [2.05, 4.69) is 17.2 Å². The molecule has 0 atom stereocenters. The Kier molecular flexibility index (Phi) is 6.90. The van der Waals surface area contributed by atoms with Gasteiger partial charge in [0.05, 0.1) is 6.54 Å². The molecule has 0 aliphatic rings. The number of para-hydroxylation sites is 1. The molecule has 5 nitrogen and oxygen atoms in total. The second-order valence-electron chi connectivity index (χ2n) is 6.61. The Bertz CT molecular complexity index is 936. The molecule has 0 saturated carbocycles. The Morgan fingerprint density at radius 2 is 1.41 bits per heavy atom. The van der Waals surface area contributed by atoms with Crippen molar-refractivity contribution >= 4 is 17.3 Å². The van der Waals surface area contributed by atoms with Crippen molar-refractivity contribution in [2.75, 3.05) is 23.8 Å². The van der Waals surface area contributed by atoms with Gasteiger partial charge in [-0.2, -0.15) is 0 Å². The lowest BCUT2D eigenvalue weighted by Crippen LogP contribution is -2.21. The molecule has 0 bridgehead atoms. The largest absolute Gasteiger partial charge is 0.489 e. The normalized spacial score (nSPS) is 10.1. The monoisotopic (exact) mass is 388 g/mol. The van der Waals surface area contributed by atoms with Crippen LogP contribution in [-0.2, 0) is 4.79 Å². The van der Waals surface area contributed by atoms with Crippen LogP contribution >= 0.6 is 0 Å².